The monoisotopic (exact) mass is 480 g/mol. The molecule has 2 N–H and O–H groups in total. The third-order valence-corrected chi connectivity index (χ3v) is 6.09. The molecule has 1 aliphatic rings. The van der Waals surface area contributed by atoms with Crippen LogP contribution in [0.3, 0.4) is 0 Å². The van der Waals surface area contributed by atoms with E-state index in [2.05, 4.69) is 31.7 Å². The normalized spacial score (nSPS) is 14.2. The Kier molecular flexibility index (Phi) is 5.96. The van der Waals surface area contributed by atoms with Crippen molar-refractivity contribution in [3.63, 3.8) is 0 Å². The third kappa shape index (κ3) is 4.71. The molecule has 0 aliphatic heterocycles. The maximum absolute atomic E-state index is 13.0. The number of halogens is 1. The van der Waals surface area contributed by atoms with Crippen LogP contribution in [-0.2, 0) is 4.79 Å². The highest BCUT2D eigenvalue weighted by molar-refractivity contribution is 9.10. The summed E-state index contributed by atoms with van der Waals surface area (Å²) in [7, 11) is 0. The van der Waals surface area contributed by atoms with Gasteiger partial charge in [-0.15, -0.1) is 0 Å². The number of aryl methyl sites for hydroxylation is 1. The molecule has 2 aromatic carbocycles. The Morgan fingerprint density at radius 2 is 1.71 bits per heavy atom. The van der Waals surface area contributed by atoms with Gasteiger partial charge in [0, 0.05) is 16.1 Å². The van der Waals surface area contributed by atoms with Gasteiger partial charge in [-0.05, 0) is 75.6 Å². The lowest BCUT2D eigenvalue weighted by atomic mass is 10.1. The first kappa shape index (κ1) is 21.3. The number of hydrogen-bond acceptors (Lipinski definition) is 3. The van der Waals surface area contributed by atoms with Gasteiger partial charge in [0.2, 0.25) is 5.91 Å². The molecule has 4 rings (SSSR count). The second-order valence-electron chi connectivity index (χ2n) is 8.01. The van der Waals surface area contributed by atoms with E-state index >= 15 is 0 Å². The second kappa shape index (κ2) is 8.67. The second-order valence-corrected chi connectivity index (χ2v) is 8.93. The lowest BCUT2D eigenvalue weighted by molar-refractivity contribution is -0.117. The van der Waals surface area contributed by atoms with Gasteiger partial charge in [-0.3, -0.25) is 9.59 Å². The number of nitrogens with zero attached hydrogens (tertiary/aromatic N) is 2. The third-order valence-electron chi connectivity index (χ3n) is 5.56. The van der Waals surface area contributed by atoms with Crippen molar-refractivity contribution in [2.45, 2.75) is 39.7 Å². The zero-order valence-electron chi connectivity index (χ0n) is 17.8. The molecule has 1 atom stereocenters. The summed E-state index contributed by atoms with van der Waals surface area (Å²) in [5.74, 6) is 0.0995. The first-order chi connectivity index (χ1) is 14.8. The van der Waals surface area contributed by atoms with E-state index in [9.17, 15) is 9.59 Å². The van der Waals surface area contributed by atoms with Crippen molar-refractivity contribution in [1.29, 1.82) is 0 Å². The molecule has 1 heterocycles. The molecule has 1 fully saturated rings. The minimum Gasteiger partial charge on any atom is -0.345 e. The SMILES string of the molecule is Cc1nn(-c2ccc(Br)cc2)c(C)c1C(=O)NC(C)c1ccc(NC(=O)C2CC2)cc1. The summed E-state index contributed by atoms with van der Waals surface area (Å²) in [4.78, 5) is 24.9. The Balaban J connectivity index is 1.46. The van der Waals surface area contributed by atoms with Gasteiger partial charge in [-0.1, -0.05) is 28.1 Å². The summed E-state index contributed by atoms with van der Waals surface area (Å²) in [5, 5.41) is 10.6. The average Bonchev–Trinajstić information content (AvgIpc) is 3.54. The molecule has 31 heavy (non-hydrogen) atoms. The van der Waals surface area contributed by atoms with E-state index in [0.717, 1.165) is 39.9 Å². The zero-order chi connectivity index (χ0) is 22.1. The highest BCUT2D eigenvalue weighted by Gasteiger charge is 2.29. The Morgan fingerprint density at radius 3 is 2.32 bits per heavy atom. The standard InChI is InChI=1S/C24H25BrN4O2/c1-14(17-6-10-20(11-7-17)27-23(30)18-4-5-18)26-24(31)22-15(2)28-29(16(22)3)21-12-8-19(25)9-13-21/h6-14,18H,4-5H2,1-3H3,(H,26,31)(H,27,30). The molecule has 2 amide bonds. The molecular formula is C24H25BrN4O2. The molecule has 1 saturated carbocycles. The van der Waals surface area contributed by atoms with E-state index in [0.29, 0.717) is 11.3 Å². The van der Waals surface area contributed by atoms with Gasteiger partial charge in [0.25, 0.3) is 5.91 Å². The summed E-state index contributed by atoms with van der Waals surface area (Å²) in [6.45, 7) is 5.69. The van der Waals surface area contributed by atoms with Gasteiger partial charge < -0.3 is 10.6 Å². The smallest absolute Gasteiger partial charge is 0.255 e. The van der Waals surface area contributed by atoms with Crippen LogP contribution in [0.1, 0.15) is 53.1 Å². The van der Waals surface area contributed by atoms with E-state index in [1.165, 1.54) is 0 Å². The maximum atomic E-state index is 13.0. The van der Waals surface area contributed by atoms with Crippen LogP contribution >= 0.6 is 15.9 Å². The lowest BCUT2D eigenvalue weighted by Crippen LogP contribution is -2.27. The van der Waals surface area contributed by atoms with Crippen LogP contribution in [-0.4, -0.2) is 21.6 Å². The van der Waals surface area contributed by atoms with E-state index in [1.807, 2.05) is 69.3 Å². The highest BCUT2D eigenvalue weighted by Crippen LogP contribution is 2.30. The summed E-state index contributed by atoms with van der Waals surface area (Å²) < 4.78 is 2.78. The fourth-order valence-corrected chi connectivity index (χ4v) is 3.87. The first-order valence-electron chi connectivity index (χ1n) is 10.4. The molecular weight excluding hydrogens is 456 g/mol. The molecule has 6 nitrogen and oxygen atoms in total. The molecule has 7 heteroatoms. The quantitative estimate of drug-likeness (QED) is 0.515. The maximum Gasteiger partial charge on any atom is 0.255 e. The molecule has 1 aliphatic carbocycles. The first-order valence-corrected chi connectivity index (χ1v) is 11.2. The van der Waals surface area contributed by atoms with Crippen molar-refractivity contribution in [2.24, 2.45) is 5.92 Å². The molecule has 160 valence electrons. The van der Waals surface area contributed by atoms with Crippen molar-refractivity contribution in [2.75, 3.05) is 5.32 Å². The van der Waals surface area contributed by atoms with Crippen LogP contribution in [0, 0.1) is 19.8 Å². The summed E-state index contributed by atoms with van der Waals surface area (Å²) in [6, 6.07) is 15.2. The van der Waals surface area contributed by atoms with Gasteiger partial charge in [-0.25, -0.2) is 4.68 Å². The molecule has 3 aromatic rings. The van der Waals surface area contributed by atoms with Gasteiger partial charge >= 0.3 is 0 Å². The van der Waals surface area contributed by atoms with E-state index in [1.54, 1.807) is 4.68 Å². The van der Waals surface area contributed by atoms with E-state index in [-0.39, 0.29) is 23.8 Å². The Labute approximate surface area is 190 Å². The fourth-order valence-electron chi connectivity index (χ4n) is 3.60. The summed E-state index contributed by atoms with van der Waals surface area (Å²) >= 11 is 3.44. The van der Waals surface area contributed by atoms with Gasteiger partial charge in [0.1, 0.15) is 0 Å². The Hall–Kier alpha value is -2.93. The van der Waals surface area contributed by atoms with E-state index < -0.39 is 0 Å². The van der Waals surface area contributed by atoms with Crippen LogP contribution < -0.4 is 10.6 Å². The average molecular weight is 481 g/mol. The van der Waals surface area contributed by atoms with Crippen molar-refractivity contribution >= 4 is 33.4 Å². The van der Waals surface area contributed by atoms with Crippen molar-refractivity contribution < 1.29 is 9.59 Å². The number of benzene rings is 2. The predicted octanol–water partition coefficient (Wildman–Crippen LogP) is 5.09. The van der Waals surface area contributed by atoms with E-state index in [4.69, 9.17) is 0 Å². The zero-order valence-corrected chi connectivity index (χ0v) is 19.4. The van der Waals surface area contributed by atoms with Gasteiger partial charge in [0.05, 0.1) is 28.7 Å². The molecule has 0 bridgehead atoms. The van der Waals surface area contributed by atoms with Crippen LogP contribution in [0.2, 0.25) is 0 Å². The number of aromatic nitrogens is 2. The minimum absolute atomic E-state index is 0.0860. The minimum atomic E-state index is -0.185. The topological polar surface area (TPSA) is 76.0 Å². The molecule has 0 radical (unpaired) electrons. The van der Waals surface area contributed by atoms with Crippen molar-refractivity contribution in [3.8, 4) is 5.69 Å². The number of amides is 2. The number of rotatable bonds is 6. The van der Waals surface area contributed by atoms with Crippen molar-refractivity contribution in [1.82, 2.24) is 15.1 Å². The van der Waals surface area contributed by atoms with Crippen LogP contribution in [0.5, 0.6) is 0 Å². The lowest BCUT2D eigenvalue weighted by Gasteiger charge is -2.15. The van der Waals surface area contributed by atoms with Crippen LogP contribution in [0.25, 0.3) is 5.69 Å². The van der Waals surface area contributed by atoms with Crippen LogP contribution in [0.15, 0.2) is 53.0 Å². The van der Waals surface area contributed by atoms with Crippen molar-refractivity contribution in [3.05, 3.63) is 75.5 Å². The number of nitrogens with one attached hydrogen (secondary N) is 2. The van der Waals surface area contributed by atoms with Gasteiger partial charge in [-0.2, -0.15) is 5.10 Å². The molecule has 0 saturated heterocycles. The molecule has 1 unspecified atom stereocenters. The Bertz CT molecular complexity index is 1120. The number of carbonyl (C=O) groups is 2. The predicted molar refractivity (Wildman–Crippen MR) is 124 cm³/mol. The fraction of sp³-hybridized carbons (Fsp3) is 0.292. The number of hydrogen-bond donors (Lipinski definition) is 2. The van der Waals surface area contributed by atoms with Gasteiger partial charge in [0.15, 0.2) is 0 Å². The molecule has 1 aromatic heterocycles. The summed E-state index contributed by atoms with van der Waals surface area (Å²) in [5.41, 5.74) is 4.71. The number of carbonyl (C=O) groups excluding carboxylic acids is 2. The highest BCUT2D eigenvalue weighted by atomic mass is 79.9. The molecule has 0 spiro atoms. The Morgan fingerprint density at radius 1 is 1.06 bits per heavy atom. The van der Waals surface area contributed by atoms with Crippen LogP contribution in [0.4, 0.5) is 5.69 Å². The number of anilines is 1. The largest absolute Gasteiger partial charge is 0.345 e. The summed E-state index contributed by atoms with van der Waals surface area (Å²) in [6.07, 6.45) is 1.95.